The van der Waals surface area contributed by atoms with Crippen LogP contribution in [0.4, 0.5) is 0 Å². The molecule has 0 heterocycles. The molecule has 0 spiro atoms. The molecule has 2 atom stereocenters. The first-order chi connectivity index (χ1) is 8.08. The molecule has 0 fully saturated rings. The summed E-state index contributed by atoms with van der Waals surface area (Å²) in [5, 5.41) is 0. The van der Waals surface area contributed by atoms with E-state index in [-0.39, 0.29) is 13.1 Å². The highest BCUT2D eigenvalue weighted by Crippen LogP contribution is 2.19. The van der Waals surface area contributed by atoms with Crippen LogP contribution in [0.3, 0.4) is 0 Å². The molecule has 0 aromatic rings. The van der Waals surface area contributed by atoms with Crippen molar-refractivity contribution in [1.82, 2.24) is 0 Å². The molecule has 0 radical (unpaired) electrons. The van der Waals surface area contributed by atoms with Crippen molar-refractivity contribution in [2.45, 2.75) is 33.5 Å². The lowest BCUT2D eigenvalue weighted by Crippen LogP contribution is -2.28. The number of carbonyl (C=O) groups excluding carboxylic acids is 1. The number of hydrogen-bond acceptors (Lipinski definition) is 5. The lowest BCUT2D eigenvalue weighted by molar-refractivity contribution is -0.141. The van der Waals surface area contributed by atoms with Gasteiger partial charge < -0.3 is 23.7 Å². The second kappa shape index (κ2) is 9.53. The summed E-state index contributed by atoms with van der Waals surface area (Å²) in [6.45, 7) is 7.19. The van der Waals surface area contributed by atoms with Gasteiger partial charge in [0.25, 0.3) is 0 Å². The van der Waals surface area contributed by atoms with E-state index in [2.05, 4.69) is 0 Å². The van der Waals surface area contributed by atoms with Gasteiger partial charge in [-0.15, -0.1) is 0 Å². The molecule has 0 N–H and O–H groups in total. The second-order valence-corrected chi connectivity index (χ2v) is 4.17. The summed E-state index contributed by atoms with van der Waals surface area (Å²) in [7, 11) is 1.55. The van der Waals surface area contributed by atoms with Crippen molar-refractivity contribution >= 4 is 6.29 Å². The zero-order valence-corrected chi connectivity index (χ0v) is 11.2. The molecule has 0 bridgehead atoms. The Morgan fingerprint density at radius 1 is 1.35 bits per heavy atom. The predicted octanol–water partition coefficient (Wildman–Crippen LogP) is 1.60. The molecule has 0 rings (SSSR count). The molecule has 0 amide bonds. The smallest absolute Gasteiger partial charge is 0.154 e. The van der Waals surface area contributed by atoms with E-state index in [0.29, 0.717) is 26.2 Å². The van der Waals surface area contributed by atoms with Crippen LogP contribution >= 0.6 is 0 Å². The molecule has 0 aromatic carbocycles. The van der Waals surface area contributed by atoms with Gasteiger partial charge in [0.2, 0.25) is 0 Å². The molecule has 1 unspecified atom stereocenters. The first-order valence-electron chi connectivity index (χ1n) is 5.84. The van der Waals surface area contributed by atoms with E-state index in [0.717, 1.165) is 6.29 Å². The zero-order valence-electron chi connectivity index (χ0n) is 11.2. The van der Waals surface area contributed by atoms with Crippen molar-refractivity contribution in [2.75, 3.05) is 33.7 Å². The second-order valence-electron chi connectivity index (χ2n) is 4.17. The molecule has 0 saturated carbocycles. The van der Waals surface area contributed by atoms with Gasteiger partial charge in [-0.25, -0.2) is 0 Å². The Kier molecular flexibility index (Phi) is 9.26. The maximum Gasteiger partial charge on any atom is 0.154 e. The Morgan fingerprint density at radius 3 is 2.59 bits per heavy atom. The van der Waals surface area contributed by atoms with E-state index in [4.69, 9.17) is 18.9 Å². The van der Waals surface area contributed by atoms with Crippen molar-refractivity contribution in [3.05, 3.63) is 0 Å². The average Bonchev–Trinajstić information content (AvgIpc) is 2.30. The summed E-state index contributed by atoms with van der Waals surface area (Å²) in [5.74, 6) is 0. The summed E-state index contributed by atoms with van der Waals surface area (Å²) >= 11 is 0. The maximum atomic E-state index is 11.0. The minimum absolute atomic E-state index is 0.194. The Morgan fingerprint density at radius 2 is 2.06 bits per heavy atom. The van der Waals surface area contributed by atoms with E-state index in [1.807, 2.05) is 20.8 Å². The van der Waals surface area contributed by atoms with Gasteiger partial charge in [-0.3, -0.25) is 0 Å². The lowest BCUT2D eigenvalue weighted by Gasteiger charge is -2.23. The van der Waals surface area contributed by atoms with Crippen LogP contribution in [0.5, 0.6) is 0 Å². The van der Waals surface area contributed by atoms with Gasteiger partial charge in [-0.05, 0) is 20.3 Å². The lowest BCUT2D eigenvalue weighted by atomic mass is 9.90. The van der Waals surface area contributed by atoms with Gasteiger partial charge in [0.15, 0.2) is 6.29 Å². The van der Waals surface area contributed by atoms with Gasteiger partial charge in [0.05, 0.1) is 13.2 Å². The predicted molar refractivity (Wildman–Crippen MR) is 63.7 cm³/mol. The van der Waals surface area contributed by atoms with E-state index >= 15 is 0 Å². The zero-order chi connectivity index (χ0) is 13.1. The molecule has 0 aliphatic carbocycles. The van der Waals surface area contributed by atoms with Crippen molar-refractivity contribution in [3.8, 4) is 0 Å². The van der Waals surface area contributed by atoms with Crippen LogP contribution < -0.4 is 0 Å². The first kappa shape index (κ1) is 16.5. The van der Waals surface area contributed by atoms with Gasteiger partial charge in [-0.2, -0.15) is 0 Å². The van der Waals surface area contributed by atoms with Crippen molar-refractivity contribution in [3.63, 3.8) is 0 Å². The molecular formula is C12H24O5. The van der Waals surface area contributed by atoms with Gasteiger partial charge in [0.1, 0.15) is 13.1 Å². The Bertz CT molecular complexity index is 197. The van der Waals surface area contributed by atoms with E-state index in [1.54, 1.807) is 7.11 Å². The highest BCUT2D eigenvalue weighted by Gasteiger charge is 2.24. The molecule has 5 nitrogen and oxygen atoms in total. The van der Waals surface area contributed by atoms with Gasteiger partial charge >= 0.3 is 0 Å². The summed E-state index contributed by atoms with van der Waals surface area (Å²) in [6, 6.07) is 0. The fourth-order valence-electron chi connectivity index (χ4n) is 1.26. The quantitative estimate of drug-likeness (QED) is 0.316. The van der Waals surface area contributed by atoms with Crippen LogP contribution in [0.25, 0.3) is 0 Å². The fourth-order valence-corrected chi connectivity index (χ4v) is 1.26. The molecule has 0 aliphatic rings. The van der Waals surface area contributed by atoms with Crippen LogP contribution in [0.2, 0.25) is 0 Å². The number of carbonyl (C=O) groups is 1. The maximum absolute atomic E-state index is 11.0. The molecule has 5 heteroatoms. The Balaban J connectivity index is 3.82. The number of rotatable bonds is 11. The first-order valence-corrected chi connectivity index (χ1v) is 5.84. The molecule has 17 heavy (non-hydrogen) atoms. The minimum atomic E-state index is -0.537. The monoisotopic (exact) mass is 248 g/mol. The van der Waals surface area contributed by atoms with Gasteiger partial charge in [-0.1, -0.05) is 6.92 Å². The Labute approximate surface area is 103 Å². The van der Waals surface area contributed by atoms with Crippen LogP contribution in [0.1, 0.15) is 27.2 Å². The summed E-state index contributed by atoms with van der Waals surface area (Å²) in [5.41, 5.74) is -0.537. The Hall–Kier alpha value is -0.490. The van der Waals surface area contributed by atoms with Gasteiger partial charge in [0, 0.05) is 19.1 Å². The third-order valence-corrected chi connectivity index (χ3v) is 2.34. The van der Waals surface area contributed by atoms with Crippen LogP contribution in [-0.2, 0) is 23.7 Å². The molecule has 0 aliphatic heterocycles. The van der Waals surface area contributed by atoms with Crippen LogP contribution in [0, 0.1) is 5.41 Å². The normalized spacial score (nSPS) is 16.5. The van der Waals surface area contributed by atoms with Crippen molar-refractivity contribution < 1.29 is 23.7 Å². The SMILES string of the molecule is CCOC(C)OCC[C@@](C)(C=O)COCOC. The standard InChI is InChI=1S/C12H24O5/c1-5-16-11(2)17-7-6-12(3,8-13)9-15-10-14-4/h8,11H,5-7,9-10H2,1-4H3/t11?,12-/m0/s1. The van der Waals surface area contributed by atoms with Crippen molar-refractivity contribution in [1.29, 1.82) is 0 Å². The summed E-state index contributed by atoms with van der Waals surface area (Å²) in [6.07, 6.45) is 1.26. The van der Waals surface area contributed by atoms with E-state index < -0.39 is 5.41 Å². The van der Waals surface area contributed by atoms with Crippen LogP contribution in [0.15, 0.2) is 0 Å². The minimum Gasteiger partial charge on any atom is -0.359 e. The highest BCUT2D eigenvalue weighted by atomic mass is 16.7. The molecule has 0 saturated heterocycles. The van der Waals surface area contributed by atoms with Crippen LogP contribution in [-0.4, -0.2) is 46.3 Å². The largest absolute Gasteiger partial charge is 0.359 e. The number of methoxy groups -OCH3 is 1. The fraction of sp³-hybridized carbons (Fsp3) is 0.917. The number of aldehydes is 1. The van der Waals surface area contributed by atoms with E-state index in [1.165, 1.54) is 0 Å². The number of hydrogen-bond donors (Lipinski definition) is 0. The number of ether oxygens (including phenoxy) is 4. The molecular weight excluding hydrogens is 224 g/mol. The highest BCUT2D eigenvalue weighted by molar-refractivity contribution is 5.58. The third-order valence-electron chi connectivity index (χ3n) is 2.34. The topological polar surface area (TPSA) is 54.0 Å². The summed E-state index contributed by atoms with van der Waals surface area (Å²) < 4.78 is 20.6. The molecule has 102 valence electrons. The molecule has 0 aromatic heterocycles. The third kappa shape index (κ3) is 8.26. The van der Waals surface area contributed by atoms with E-state index in [9.17, 15) is 4.79 Å². The summed E-state index contributed by atoms with van der Waals surface area (Å²) in [4.78, 5) is 11.0. The average molecular weight is 248 g/mol. The van der Waals surface area contributed by atoms with Crippen molar-refractivity contribution in [2.24, 2.45) is 5.41 Å².